The van der Waals surface area contributed by atoms with Crippen LogP contribution in [-0.2, 0) is 0 Å². The zero-order chi connectivity index (χ0) is 20.8. The molecule has 0 aliphatic rings. The number of non-ortho nitro benzene ring substituents is 1. The van der Waals surface area contributed by atoms with E-state index in [-0.39, 0.29) is 11.4 Å². The van der Waals surface area contributed by atoms with Crippen molar-refractivity contribution in [2.45, 2.75) is 0 Å². The Morgan fingerprint density at radius 1 is 1.17 bits per heavy atom. The van der Waals surface area contributed by atoms with Crippen molar-refractivity contribution in [1.82, 2.24) is 15.6 Å². The molecule has 1 aromatic heterocycles. The zero-order valence-corrected chi connectivity index (χ0v) is 15.6. The highest BCUT2D eigenvalue weighted by molar-refractivity contribution is 5.94. The third-order valence-electron chi connectivity index (χ3n) is 3.96. The maximum atomic E-state index is 12.2. The number of aromatic amines is 1. The highest BCUT2D eigenvalue weighted by atomic mass is 16.6. The van der Waals surface area contributed by atoms with Gasteiger partial charge in [-0.3, -0.25) is 20.0 Å². The summed E-state index contributed by atoms with van der Waals surface area (Å²) in [6, 6.07) is 12.7. The van der Waals surface area contributed by atoms with Crippen molar-refractivity contribution in [1.29, 1.82) is 0 Å². The second-order valence-corrected chi connectivity index (χ2v) is 5.79. The van der Waals surface area contributed by atoms with Crippen LogP contribution in [0.1, 0.15) is 16.1 Å². The number of carbonyl (C=O) groups is 1. The van der Waals surface area contributed by atoms with Gasteiger partial charge in [-0.1, -0.05) is 12.1 Å². The third-order valence-corrected chi connectivity index (χ3v) is 3.96. The Morgan fingerprint density at radius 3 is 2.69 bits per heavy atom. The molecule has 2 N–H and O–H groups in total. The first kappa shape index (κ1) is 19.5. The predicted molar refractivity (Wildman–Crippen MR) is 105 cm³/mol. The molecule has 0 fully saturated rings. The summed E-state index contributed by atoms with van der Waals surface area (Å²) in [6.07, 6.45) is 1.46. The van der Waals surface area contributed by atoms with Gasteiger partial charge in [0, 0.05) is 17.7 Å². The quantitative estimate of drug-likeness (QED) is 0.359. The van der Waals surface area contributed by atoms with Crippen LogP contribution in [0.3, 0.4) is 0 Å². The van der Waals surface area contributed by atoms with Gasteiger partial charge in [-0.25, -0.2) is 5.43 Å². The molecule has 148 valence electrons. The average molecular weight is 395 g/mol. The highest BCUT2D eigenvalue weighted by Crippen LogP contribution is 2.27. The molecule has 1 heterocycles. The monoisotopic (exact) mass is 395 g/mol. The molecule has 0 radical (unpaired) electrons. The van der Waals surface area contributed by atoms with E-state index in [0.29, 0.717) is 28.3 Å². The van der Waals surface area contributed by atoms with E-state index in [1.807, 2.05) is 0 Å². The summed E-state index contributed by atoms with van der Waals surface area (Å²) < 4.78 is 10.4. The second-order valence-electron chi connectivity index (χ2n) is 5.79. The fraction of sp³-hybridized carbons (Fsp3) is 0.105. The molecule has 2 aromatic carbocycles. The van der Waals surface area contributed by atoms with Gasteiger partial charge in [0.25, 0.3) is 11.6 Å². The first-order chi connectivity index (χ1) is 14.0. The molecule has 0 atom stereocenters. The standard InChI is InChI=1S/C19H17N5O5/c1-28-17-7-6-12(8-18(17)29-2)11-20-23-19(25)16-10-15(21-22-16)13-4-3-5-14(9-13)24(26)27/h3-11H,1-2H3,(H,21,22)(H,23,25)/b20-11-. The number of nitrogens with one attached hydrogen (secondary N) is 2. The molecule has 0 saturated heterocycles. The van der Waals surface area contributed by atoms with Gasteiger partial charge in [0.1, 0.15) is 5.69 Å². The molecule has 10 heteroatoms. The van der Waals surface area contributed by atoms with Gasteiger partial charge >= 0.3 is 0 Å². The molecule has 0 aliphatic carbocycles. The molecular formula is C19H17N5O5. The largest absolute Gasteiger partial charge is 0.493 e. The van der Waals surface area contributed by atoms with E-state index in [1.165, 1.54) is 38.6 Å². The number of hydrazone groups is 1. The second kappa shape index (κ2) is 8.65. The number of nitro groups is 1. The topological polar surface area (TPSA) is 132 Å². The molecule has 0 bridgehead atoms. The summed E-state index contributed by atoms with van der Waals surface area (Å²) in [4.78, 5) is 22.6. The number of nitrogens with zero attached hydrogens (tertiary/aromatic N) is 3. The van der Waals surface area contributed by atoms with Crippen LogP contribution in [0, 0.1) is 10.1 Å². The van der Waals surface area contributed by atoms with Crippen molar-refractivity contribution in [2.75, 3.05) is 14.2 Å². The number of carbonyl (C=O) groups excluding carboxylic acids is 1. The molecule has 0 spiro atoms. The third kappa shape index (κ3) is 4.56. The number of hydrogen-bond donors (Lipinski definition) is 2. The fourth-order valence-electron chi connectivity index (χ4n) is 2.52. The molecular weight excluding hydrogens is 378 g/mol. The lowest BCUT2D eigenvalue weighted by molar-refractivity contribution is -0.384. The molecule has 1 amide bonds. The fourth-order valence-corrected chi connectivity index (χ4v) is 2.52. The van der Waals surface area contributed by atoms with Gasteiger partial charge in [-0.05, 0) is 29.8 Å². The SMILES string of the molecule is COc1ccc(/C=N\NC(=O)c2cc(-c3cccc([N+](=O)[O-])c3)n[nH]2)cc1OC. The van der Waals surface area contributed by atoms with Crippen molar-refractivity contribution in [3.8, 4) is 22.8 Å². The van der Waals surface area contributed by atoms with E-state index in [4.69, 9.17) is 9.47 Å². The Bertz CT molecular complexity index is 1080. The Balaban J connectivity index is 1.69. The number of nitro benzene ring substituents is 1. The molecule has 29 heavy (non-hydrogen) atoms. The molecule has 3 rings (SSSR count). The molecule has 0 saturated carbocycles. The normalized spacial score (nSPS) is 10.7. The highest BCUT2D eigenvalue weighted by Gasteiger charge is 2.13. The predicted octanol–water partition coefficient (Wildman–Crippen LogP) is 2.77. The van der Waals surface area contributed by atoms with Crippen LogP contribution in [0.4, 0.5) is 5.69 Å². The minimum absolute atomic E-state index is 0.0592. The first-order valence-corrected chi connectivity index (χ1v) is 8.37. The number of ether oxygens (including phenoxy) is 2. The van der Waals surface area contributed by atoms with E-state index in [9.17, 15) is 14.9 Å². The Hall–Kier alpha value is -4.21. The lowest BCUT2D eigenvalue weighted by atomic mass is 10.1. The van der Waals surface area contributed by atoms with Crippen molar-refractivity contribution in [3.63, 3.8) is 0 Å². The summed E-state index contributed by atoms with van der Waals surface area (Å²) in [6.45, 7) is 0. The van der Waals surface area contributed by atoms with E-state index >= 15 is 0 Å². The van der Waals surface area contributed by atoms with Gasteiger partial charge in [-0.15, -0.1) is 0 Å². The van der Waals surface area contributed by atoms with E-state index < -0.39 is 10.8 Å². The number of H-pyrrole nitrogens is 1. The van der Waals surface area contributed by atoms with Gasteiger partial charge < -0.3 is 9.47 Å². The maximum absolute atomic E-state index is 12.2. The van der Waals surface area contributed by atoms with E-state index in [1.54, 1.807) is 30.3 Å². The zero-order valence-electron chi connectivity index (χ0n) is 15.6. The van der Waals surface area contributed by atoms with Crippen molar-refractivity contribution >= 4 is 17.8 Å². The van der Waals surface area contributed by atoms with Gasteiger partial charge in [-0.2, -0.15) is 10.2 Å². The van der Waals surface area contributed by atoms with Crippen molar-refractivity contribution in [3.05, 3.63) is 69.9 Å². The minimum Gasteiger partial charge on any atom is -0.493 e. The molecule has 0 unspecified atom stereocenters. The van der Waals surface area contributed by atoms with Gasteiger partial charge in [0.2, 0.25) is 0 Å². The Morgan fingerprint density at radius 2 is 1.97 bits per heavy atom. The number of aromatic nitrogens is 2. The van der Waals surface area contributed by atoms with E-state index in [0.717, 1.165) is 0 Å². The Labute approximate surface area is 165 Å². The average Bonchev–Trinajstić information content (AvgIpc) is 3.24. The number of methoxy groups -OCH3 is 2. The molecule has 10 nitrogen and oxygen atoms in total. The van der Waals surface area contributed by atoms with Crippen LogP contribution in [0.2, 0.25) is 0 Å². The van der Waals surface area contributed by atoms with Crippen LogP contribution < -0.4 is 14.9 Å². The summed E-state index contributed by atoms with van der Waals surface area (Å²) in [7, 11) is 3.07. The maximum Gasteiger partial charge on any atom is 0.289 e. The Kier molecular flexibility index (Phi) is 5.83. The summed E-state index contributed by atoms with van der Waals surface area (Å²) in [5.74, 6) is 0.615. The lowest BCUT2D eigenvalue weighted by Gasteiger charge is -2.07. The summed E-state index contributed by atoms with van der Waals surface area (Å²) in [5, 5.41) is 21.4. The molecule has 0 aliphatic heterocycles. The van der Waals surface area contributed by atoms with Crippen LogP contribution in [-0.4, -0.2) is 41.5 Å². The number of amides is 1. The minimum atomic E-state index is -0.508. The van der Waals surface area contributed by atoms with E-state index in [2.05, 4.69) is 20.7 Å². The molecule has 3 aromatic rings. The lowest BCUT2D eigenvalue weighted by Crippen LogP contribution is -2.18. The number of hydrogen-bond acceptors (Lipinski definition) is 7. The number of rotatable bonds is 7. The van der Waals surface area contributed by atoms with Gasteiger partial charge in [0.05, 0.1) is 31.1 Å². The van der Waals surface area contributed by atoms with Crippen LogP contribution in [0.5, 0.6) is 11.5 Å². The number of benzene rings is 2. The van der Waals surface area contributed by atoms with Crippen LogP contribution >= 0.6 is 0 Å². The first-order valence-electron chi connectivity index (χ1n) is 8.37. The smallest absolute Gasteiger partial charge is 0.289 e. The summed E-state index contributed by atoms with van der Waals surface area (Å²) >= 11 is 0. The van der Waals surface area contributed by atoms with Gasteiger partial charge in [0.15, 0.2) is 11.5 Å². The van der Waals surface area contributed by atoms with Crippen molar-refractivity contribution < 1.29 is 19.2 Å². The van der Waals surface area contributed by atoms with Crippen molar-refractivity contribution in [2.24, 2.45) is 5.10 Å². The summed E-state index contributed by atoms with van der Waals surface area (Å²) in [5.41, 5.74) is 4.11. The van der Waals surface area contributed by atoms with Crippen LogP contribution in [0.15, 0.2) is 53.6 Å². The van der Waals surface area contributed by atoms with Crippen LogP contribution in [0.25, 0.3) is 11.3 Å².